The molecule has 1 atom stereocenters. The van der Waals surface area contributed by atoms with Crippen molar-refractivity contribution in [3.63, 3.8) is 0 Å². The summed E-state index contributed by atoms with van der Waals surface area (Å²) >= 11 is 3.62. The van der Waals surface area contributed by atoms with Gasteiger partial charge in [0.25, 0.3) is 0 Å². The number of Topliss-reactive ketones (excluding diaryl/α,β-unsaturated/α-hetero) is 1. The van der Waals surface area contributed by atoms with Crippen LogP contribution in [0, 0.1) is 0 Å². The first-order valence-electron chi connectivity index (χ1n) is 9.95. The van der Waals surface area contributed by atoms with E-state index in [1.807, 2.05) is 42.1 Å². The molecule has 0 N–H and O–H groups in total. The van der Waals surface area contributed by atoms with Crippen molar-refractivity contribution < 1.29 is 9.53 Å². The zero-order chi connectivity index (χ0) is 21.0. The molecule has 4 heteroatoms. The fourth-order valence-electron chi connectivity index (χ4n) is 3.96. The Morgan fingerprint density at radius 3 is 2.21 bits per heavy atom. The van der Waals surface area contributed by atoms with Gasteiger partial charge in [-0.15, -0.1) is 23.5 Å². The molecule has 0 amide bonds. The van der Waals surface area contributed by atoms with Gasteiger partial charge in [0, 0.05) is 21.0 Å². The minimum atomic E-state index is -0.373. The van der Waals surface area contributed by atoms with Crippen molar-refractivity contribution in [2.24, 2.45) is 0 Å². The van der Waals surface area contributed by atoms with Crippen molar-refractivity contribution in [3.8, 4) is 5.75 Å². The summed E-state index contributed by atoms with van der Waals surface area (Å²) in [6.45, 7) is 8.27. The Kier molecular flexibility index (Phi) is 6.97. The zero-order valence-corrected chi connectivity index (χ0v) is 19.4. The standard InChI is InChI=1S/C25H28O2S2/c1-6-28-23-21(17(3)26)22(18-12-9-8-10-13-18)24(29-7-2)25(23,4)19-14-11-15-20(16-19)27-5/h8-16H,6-7H2,1-5H3. The second-order valence-electron chi connectivity index (χ2n) is 7.05. The van der Waals surface area contributed by atoms with E-state index in [2.05, 4.69) is 45.0 Å². The summed E-state index contributed by atoms with van der Waals surface area (Å²) in [6, 6.07) is 18.6. The van der Waals surface area contributed by atoms with E-state index in [4.69, 9.17) is 4.74 Å². The fourth-order valence-corrected chi connectivity index (χ4v) is 6.38. The van der Waals surface area contributed by atoms with Gasteiger partial charge in [-0.25, -0.2) is 0 Å². The van der Waals surface area contributed by atoms with E-state index in [1.165, 1.54) is 4.91 Å². The van der Waals surface area contributed by atoms with Gasteiger partial charge in [0.05, 0.1) is 12.5 Å². The molecule has 2 nitrogen and oxygen atoms in total. The van der Waals surface area contributed by atoms with Crippen LogP contribution in [0.15, 0.2) is 70.0 Å². The third-order valence-electron chi connectivity index (χ3n) is 5.25. The lowest BCUT2D eigenvalue weighted by atomic mass is 9.82. The molecule has 0 aliphatic heterocycles. The summed E-state index contributed by atoms with van der Waals surface area (Å²) in [7, 11) is 1.70. The average Bonchev–Trinajstić information content (AvgIpc) is 2.99. The summed E-state index contributed by atoms with van der Waals surface area (Å²) in [5.74, 6) is 2.82. The minimum absolute atomic E-state index is 0.126. The van der Waals surface area contributed by atoms with E-state index in [0.29, 0.717) is 0 Å². The number of benzene rings is 2. The molecule has 152 valence electrons. The number of allylic oxidation sites excluding steroid dienone is 4. The van der Waals surface area contributed by atoms with Crippen LogP contribution in [0.3, 0.4) is 0 Å². The summed E-state index contributed by atoms with van der Waals surface area (Å²) in [6.07, 6.45) is 0. The topological polar surface area (TPSA) is 26.3 Å². The smallest absolute Gasteiger partial charge is 0.161 e. The monoisotopic (exact) mass is 424 g/mol. The Morgan fingerprint density at radius 2 is 1.62 bits per heavy atom. The van der Waals surface area contributed by atoms with Crippen LogP contribution in [-0.2, 0) is 10.2 Å². The van der Waals surface area contributed by atoms with E-state index in [0.717, 1.165) is 44.4 Å². The summed E-state index contributed by atoms with van der Waals surface area (Å²) in [4.78, 5) is 15.4. The second kappa shape index (κ2) is 9.27. The molecule has 0 radical (unpaired) electrons. The number of thioether (sulfide) groups is 2. The highest BCUT2D eigenvalue weighted by atomic mass is 32.2. The van der Waals surface area contributed by atoms with E-state index < -0.39 is 0 Å². The molecule has 1 aliphatic rings. The lowest BCUT2D eigenvalue weighted by Crippen LogP contribution is -2.24. The molecule has 0 saturated heterocycles. The molecule has 3 rings (SSSR count). The highest BCUT2D eigenvalue weighted by Gasteiger charge is 2.46. The van der Waals surface area contributed by atoms with E-state index in [9.17, 15) is 4.79 Å². The Morgan fingerprint density at radius 1 is 0.966 bits per heavy atom. The number of carbonyl (C=O) groups excluding carboxylic acids is 1. The van der Waals surface area contributed by atoms with Crippen molar-refractivity contribution in [1.82, 2.24) is 0 Å². The maximum atomic E-state index is 13.0. The van der Waals surface area contributed by atoms with Crippen LogP contribution in [0.5, 0.6) is 5.75 Å². The summed E-state index contributed by atoms with van der Waals surface area (Å²) < 4.78 is 5.52. The summed E-state index contributed by atoms with van der Waals surface area (Å²) in [5, 5.41) is 0. The molecule has 0 spiro atoms. The lowest BCUT2D eigenvalue weighted by molar-refractivity contribution is -0.113. The van der Waals surface area contributed by atoms with Gasteiger partial charge in [-0.3, -0.25) is 4.79 Å². The van der Waals surface area contributed by atoms with Gasteiger partial charge in [-0.1, -0.05) is 56.3 Å². The number of hydrogen-bond donors (Lipinski definition) is 0. The molecule has 29 heavy (non-hydrogen) atoms. The molecule has 2 aromatic rings. The highest BCUT2D eigenvalue weighted by Crippen LogP contribution is 2.59. The van der Waals surface area contributed by atoms with Gasteiger partial charge in [0.1, 0.15) is 5.75 Å². The maximum absolute atomic E-state index is 13.0. The quantitative estimate of drug-likeness (QED) is 0.469. The maximum Gasteiger partial charge on any atom is 0.161 e. The molecule has 0 aromatic heterocycles. The number of hydrogen-bond acceptors (Lipinski definition) is 4. The number of ketones is 1. The van der Waals surface area contributed by atoms with Crippen LogP contribution in [0.2, 0.25) is 0 Å². The van der Waals surface area contributed by atoms with Crippen LogP contribution in [0.25, 0.3) is 5.57 Å². The van der Waals surface area contributed by atoms with Crippen molar-refractivity contribution in [3.05, 3.63) is 81.1 Å². The largest absolute Gasteiger partial charge is 0.497 e. The van der Waals surface area contributed by atoms with Gasteiger partial charge >= 0.3 is 0 Å². The first kappa shape index (κ1) is 21.8. The SMILES string of the molecule is CCSC1=C(C(C)=O)C(c2ccccc2)=C(SCC)C1(C)c1cccc(OC)c1. The Hall–Kier alpha value is -1.91. The third-order valence-corrected chi connectivity index (χ3v) is 7.63. The number of carbonyl (C=O) groups is 1. The number of rotatable bonds is 8. The van der Waals surface area contributed by atoms with E-state index >= 15 is 0 Å². The van der Waals surface area contributed by atoms with Crippen LogP contribution in [0.4, 0.5) is 0 Å². The van der Waals surface area contributed by atoms with Crippen molar-refractivity contribution >= 4 is 34.9 Å². The minimum Gasteiger partial charge on any atom is -0.497 e. The number of methoxy groups -OCH3 is 1. The Labute approximate surface area is 182 Å². The first-order valence-corrected chi connectivity index (χ1v) is 11.9. The Bertz CT molecular complexity index is 960. The molecule has 0 heterocycles. The fraction of sp³-hybridized carbons (Fsp3) is 0.320. The highest BCUT2D eigenvalue weighted by molar-refractivity contribution is 8.04. The first-order chi connectivity index (χ1) is 14.0. The van der Waals surface area contributed by atoms with Gasteiger partial charge < -0.3 is 4.74 Å². The van der Waals surface area contributed by atoms with E-state index in [-0.39, 0.29) is 11.2 Å². The van der Waals surface area contributed by atoms with E-state index in [1.54, 1.807) is 25.8 Å². The van der Waals surface area contributed by atoms with Gasteiger partial charge in [-0.05, 0) is 48.6 Å². The predicted molar refractivity (Wildman–Crippen MR) is 128 cm³/mol. The van der Waals surface area contributed by atoms with Gasteiger partial charge in [0.2, 0.25) is 0 Å². The molecule has 0 bridgehead atoms. The average molecular weight is 425 g/mol. The molecule has 0 fully saturated rings. The van der Waals surface area contributed by atoms with Crippen molar-refractivity contribution in [1.29, 1.82) is 0 Å². The third kappa shape index (κ3) is 3.93. The van der Waals surface area contributed by atoms with Gasteiger partial charge in [-0.2, -0.15) is 0 Å². The van der Waals surface area contributed by atoms with Gasteiger partial charge in [0.15, 0.2) is 5.78 Å². The van der Waals surface area contributed by atoms with Crippen LogP contribution in [0.1, 0.15) is 38.8 Å². The summed E-state index contributed by atoms with van der Waals surface area (Å²) in [5.41, 5.74) is 3.85. The molecule has 1 unspecified atom stereocenters. The Balaban J connectivity index is 2.39. The van der Waals surface area contributed by atoms with Crippen LogP contribution >= 0.6 is 23.5 Å². The van der Waals surface area contributed by atoms with Crippen molar-refractivity contribution in [2.75, 3.05) is 18.6 Å². The zero-order valence-electron chi connectivity index (χ0n) is 17.7. The lowest BCUT2D eigenvalue weighted by Gasteiger charge is -2.32. The second-order valence-corrected chi connectivity index (χ2v) is 9.60. The molecular formula is C25H28O2S2. The molecular weight excluding hydrogens is 396 g/mol. The molecule has 0 saturated carbocycles. The van der Waals surface area contributed by atoms with Crippen LogP contribution < -0.4 is 4.74 Å². The van der Waals surface area contributed by atoms with Crippen molar-refractivity contribution in [2.45, 2.75) is 33.1 Å². The number of ether oxygens (including phenoxy) is 1. The normalized spacial score (nSPS) is 19.1. The predicted octanol–water partition coefficient (Wildman–Crippen LogP) is 6.73. The molecule has 2 aromatic carbocycles. The van der Waals surface area contributed by atoms with Crippen LogP contribution in [-0.4, -0.2) is 24.4 Å². The molecule has 1 aliphatic carbocycles.